The van der Waals surface area contributed by atoms with E-state index in [9.17, 15) is 14.3 Å². The first-order chi connectivity index (χ1) is 8.93. The summed E-state index contributed by atoms with van der Waals surface area (Å²) in [6, 6.07) is 1.68. The Morgan fingerprint density at radius 3 is 2.65 bits per heavy atom. The number of halogens is 3. The van der Waals surface area contributed by atoms with Crippen LogP contribution in [0.4, 0.5) is 4.39 Å². The molecule has 0 aromatic heterocycles. The van der Waals surface area contributed by atoms with Crippen molar-refractivity contribution >= 4 is 34.3 Å². The Hall–Kier alpha value is -1.05. The molecule has 0 saturated heterocycles. The van der Waals surface area contributed by atoms with E-state index in [0.717, 1.165) is 0 Å². The normalized spacial score (nSPS) is 13.1. The van der Waals surface area contributed by atoms with E-state index in [0.29, 0.717) is 4.47 Å². The second-order valence-corrected chi connectivity index (χ2v) is 4.55. The van der Waals surface area contributed by atoms with E-state index in [1.54, 1.807) is 13.0 Å². The van der Waals surface area contributed by atoms with Crippen molar-refractivity contribution < 1.29 is 23.8 Å². The summed E-state index contributed by atoms with van der Waals surface area (Å²) in [6.07, 6.45) is -2.07. The van der Waals surface area contributed by atoms with Gasteiger partial charge in [-0.25, -0.2) is 9.18 Å². The maximum absolute atomic E-state index is 13.9. The minimum atomic E-state index is -2.07. The van der Waals surface area contributed by atoms with Crippen LogP contribution in [0.15, 0.2) is 16.6 Å². The molecule has 0 bridgehead atoms. The summed E-state index contributed by atoms with van der Waals surface area (Å²) >= 11 is 3.15. The summed E-state index contributed by atoms with van der Waals surface area (Å²) in [6.45, 7) is 1.62. The van der Waals surface area contributed by atoms with Crippen molar-refractivity contribution in [1.29, 1.82) is 0 Å². The first-order valence-electron chi connectivity index (χ1n) is 5.55. The van der Waals surface area contributed by atoms with Crippen LogP contribution in [0.25, 0.3) is 0 Å². The Kier molecular flexibility index (Phi) is 7.85. The van der Waals surface area contributed by atoms with Crippen LogP contribution in [0.3, 0.4) is 0 Å². The van der Waals surface area contributed by atoms with Gasteiger partial charge in [-0.2, -0.15) is 0 Å². The second kappa shape index (κ2) is 8.28. The van der Waals surface area contributed by atoms with E-state index in [-0.39, 0.29) is 36.1 Å². The molecule has 0 fully saturated rings. The third-order valence-electron chi connectivity index (χ3n) is 2.51. The molecule has 1 aromatic carbocycles. The molecule has 2 atom stereocenters. The highest BCUT2D eigenvalue weighted by Gasteiger charge is 2.32. The average Bonchev–Trinajstić information content (AvgIpc) is 2.38. The summed E-state index contributed by atoms with van der Waals surface area (Å²) in [4.78, 5) is 11.3. The van der Waals surface area contributed by atoms with Crippen LogP contribution in [0, 0.1) is 0 Å². The highest BCUT2D eigenvalue weighted by Crippen LogP contribution is 2.39. The van der Waals surface area contributed by atoms with Gasteiger partial charge in [0, 0.05) is 10.0 Å². The Morgan fingerprint density at radius 1 is 1.55 bits per heavy atom. The number of benzene rings is 1. The van der Waals surface area contributed by atoms with Crippen molar-refractivity contribution in [2.75, 3.05) is 13.7 Å². The molecule has 0 saturated carbocycles. The summed E-state index contributed by atoms with van der Waals surface area (Å²) in [7, 11) is 1.36. The summed E-state index contributed by atoms with van der Waals surface area (Å²) < 4.78 is 23.7. The zero-order valence-corrected chi connectivity index (χ0v) is 13.3. The van der Waals surface area contributed by atoms with Crippen LogP contribution in [-0.2, 0) is 9.53 Å². The number of hydrogen-bond acceptors (Lipinski definition) is 5. The molecule has 3 N–H and O–H groups in total. The molecule has 0 radical (unpaired) electrons. The Balaban J connectivity index is 0.00000361. The molecule has 0 heterocycles. The number of nitrogens with two attached hydrogens (primary N) is 1. The topological polar surface area (TPSA) is 81.8 Å². The van der Waals surface area contributed by atoms with Crippen LogP contribution in [0.5, 0.6) is 11.5 Å². The molecular weight excluding hydrogens is 356 g/mol. The second-order valence-electron chi connectivity index (χ2n) is 3.69. The predicted molar refractivity (Wildman–Crippen MR) is 78.1 cm³/mol. The molecule has 1 rings (SSSR count). The van der Waals surface area contributed by atoms with Gasteiger partial charge in [0.15, 0.2) is 11.5 Å². The third kappa shape index (κ3) is 3.97. The summed E-state index contributed by atoms with van der Waals surface area (Å²) in [5, 5.41) is 9.95. The number of alkyl halides is 1. The first kappa shape index (κ1) is 18.9. The molecular formula is C12H16BrClFNO4. The molecule has 0 aliphatic carbocycles. The number of phenolic OH excluding ortho intramolecular Hbond substituents is 1. The maximum atomic E-state index is 13.9. The number of methoxy groups -OCH3 is 1. The lowest BCUT2D eigenvalue weighted by molar-refractivity contribution is -0.149. The SMILES string of the molecule is CCOC(=O)C(F)[C@H](N)c1c(Br)ccc(OC)c1O.Cl. The van der Waals surface area contributed by atoms with Gasteiger partial charge in [-0.1, -0.05) is 15.9 Å². The molecule has 0 aliphatic heterocycles. The third-order valence-corrected chi connectivity index (χ3v) is 3.20. The maximum Gasteiger partial charge on any atom is 0.342 e. The van der Waals surface area contributed by atoms with Gasteiger partial charge < -0.3 is 20.3 Å². The van der Waals surface area contributed by atoms with Crippen LogP contribution < -0.4 is 10.5 Å². The number of aromatic hydroxyl groups is 1. The van der Waals surface area contributed by atoms with Gasteiger partial charge in [-0.05, 0) is 19.1 Å². The van der Waals surface area contributed by atoms with Gasteiger partial charge in [-0.15, -0.1) is 12.4 Å². The number of phenols is 1. The molecule has 114 valence electrons. The molecule has 0 spiro atoms. The number of carbonyl (C=O) groups excluding carboxylic acids is 1. The molecule has 1 aromatic rings. The van der Waals surface area contributed by atoms with Crippen LogP contribution in [0.2, 0.25) is 0 Å². The number of carbonyl (C=O) groups is 1. The van der Waals surface area contributed by atoms with Crippen molar-refractivity contribution in [3.8, 4) is 11.5 Å². The zero-order valence-electron chi connectivity index (χ0n) is 10.9. The molecule has 20 heavy (non-hydrogen) atoms. The molecule has 0 amide bonds. The minimum Gasteiger partial charge on any atom is -0.504 e. The minimum absolute atomic E-state index is 0. The lowest BCUT2D eigenvalue weighted by Crippen LogP contribution is -2.31. The highest BCUT2D eigenvalue weighted by molar-refractivity contribution is 9.10. The van der Waals surface area contributed by atoms with Crippen LogP contribution >= 0.6 is 28.3 Å². The monoisotopic (exact) mass is 371 g/mol. The lowest BCUT2D eigenvalue weighted by Gasteiger charge is -2.19. The van der Waals surface area contributed by atoms with Crippen molar-refractivity contribution in [2.24, 2.45) is 5.73 Å². The number of esters is 1. The Labute approximate surface area is 130 Å². The number of rotatable bonds is 5. The zero-order chi connectivity index (χ0) is 14.6. The van der Waals surface area contributed by atoms with Crippen molar-refractivity contribution in [3.05, 3.63) is 22.2 Å². The van der Waals surface area contributed by atoms with Crippen molar-refractivity contribution in [1.82, 2.24) is 0 Å². The van der Waals surface area contributed by atoms with E-state index in [1.807, 2.05) is 0 Å². The molecule has 1 unspecified atom stereocenters. The van der Waals surface area contributed by atoms with Crippen LogP contribution in [0.1, 0.15) is 18.5 Å². The first-order valence-corrected chi connectivity index (χ1v) is 6.34. The average molecular weight is 373 g/mol. The van der Waals surface area contributed by atoms with Crippen molar-refractivity contribution in [3.63, 3.8) is 0 Å². The van der Waals surface area contributed by atoms with Gasteiger partial charge in [0.2, 0.25) is 6.17 Å². The van der Waals surface area contributed by atoms with Gasteiger partial charge >= 0.3 is 5.97 Å². The predicted octanol–water partition coefficient (Wildman–Crippen LogP) is 2.49. The van der Waals surface area contributed by atoms with Crippen LogP contribution in [-0.4, -0.2) is 31.0 Å². The van der Waals surface area contributed by atoms with Gasteiger partial charge in [0.1, 0.15) is 0 Å². The van der Waals surface area contributed by atoms with E-state index in [4.69, 9.17) is 10.5 Å². The fraction of sp³-hybridized carbons (Fsp3) is 0.417. The van der Waals surface area contributed by atoms with E-state index >= 15 is 0 Å². The number of ether oxygens (including phenoxy) is 2. The molecule has 8 heteroatoms. The largest absolute Gasteiger partial charge is 0.504 e. The number of hydrogen-bond donors (Lipinski definition) is 2. The standard InChI is InChI=1S/C12H15BrFNO4.ClH/c1-3-19-12(17)9(14)10(15)8-6(13)4-5-7(18-2)11(8)16;/h4-5,9-10,16H,3,15H2,1-2H3;1H/t9?,10-;/m1./s1. The Bertz CT molecular complexity index is 475. The Morgan fingerprint density at radius 2 is 2.15 bits per heavy atom. The van der Waals surface area contributed by atoms with Gasteiger partial charge in [-0.3, -0.25) is 0 Å². The smallest absolute Gasteiger partial charge is 0.342 e. The van der Waals surface area contributed by atoms with E-state index in [2.05, 4.69) is 20.7 Å². The van der Waals surface area contributed by atoms with Crippen molar-refractivity contribution in [2.45, 2.75) is 19.1 Å². The van der Waals surface area contributed by atoms with Gasteiger partial charge in [0.05, 0.1) is 19.8 Å². The summed E-state index contributed by atoms with van der Waals surface area (Å²) in [5.41, 5.74) is 5.73. The van der Waals surface area contributed by atoms with E-state index < -0.39 is 18.2 Å². The quantitative estimate of drug-likeness (QED) is 0.776. The van der Waals surface area contributed by atoms with Gasteiger partial charge in [0.25, 0.3) is 0 Å². The molecule has 5 nitrogen and oxygen atoms in total. The summed E-state index contributed by atoms with van der Waals surface area (Å²) in [5.74, 6) is -1.23. The lowest BCUT2D eigenvalue weighted by atomic mass is 10.0. The fourth-order valence-electron chi connectivity index (χ4n) is 1.56. The van der Waals surface area contributed by atoms with E-state index in [1.165, 1.54) is 13.2 Å². The molecule has 0 aliphatic rings. The fourth-order valence-corrected chi connectivity index (χ4v) is 2.14. The highest BCUT2D eigenvalue weighted by atomic mass is 79.9.